The van der Waals surface area contributed by atoms with Crippen molar-refractivity contribution in [2.45, 2.75) is 34.5 Å². The zero-order valence-electron chi connectivity index (χ0n) is 31.8. The van der Waals surface area contributed by atoms with Gasteiger partial charge in [0.25, 0.3) is 0 Å². The van der Waals surface area contributed by atoms with Crippen LogP contribution in [0.4, 0.5) is 0 Å². The van der Waals surface area contributed by atoms with E-state index in [-0.39, 0.29) is 5.41 Å². The molecule has 1 aromatic heterocycles. The fourth-order valence-corrected chi connectivity index (χ4v) is 10.9. The van der Waals surface area contributed by atoms with E-state index in [1.807, 2.05) is 17.8 Å². The van der Waals surface area contributed by atoms with E-state index in [0.29, 0.717) is 5.82 Å². The lowest BCUT2D eigenvalue weighted by Crippen LogP contribution is -2.43. The normalized spacial score (nSPS) is 14.4. The maximum Gasteiger partial charge on any atom is 0.160 e. The zero-order valence-corrected chi connectivity index (χ0v) is 32.6. The highest BCUT2D eigenvalue weighted by Gasteiger charge is 2.52. The van der Waals surface area contributed by atoms with E-state index in [0.717, 1.165) is 33.6 Å². The first-order chi connectivity index (χ1) is 28.0. The summed E-state index contributed by atoms with van der Waals surface area (Å²) >= 11 is 1.90. The first kappa shape index (κ1) is 33.8. The van der Waals surface area contributed by atoms with Crippen molar-refractivity contribution in [1.82, 2.24) is 9.97 Å². The molecule has 0 saturated carbocycles. The van der Waals surface area contributed by atoms with E-state index in [1.165, 1.54) is 59.5 Å². The molecule has 0 saturated heterocycles. The molecule has 0 N–H and O–H groups in total. The van der Waals surface area contributed by atoms with Gasteiger partial charge < -0.3 is 0 Å². The lowest BCUT2D eigenvalue weighted by molar-refractivity contribution is 0.549. The molecule has 1 aliphatic carbocycles. The Labute approximate surface area is 338 Å². The smallest absolute Gasteiger partial charge is 0.160 e. The van der Waals surface area contributed by atoms with Gasteiger partial charge in [-0.15, -0.1) is 0 Å². The molecule has 0 bridgehead atoms. The highest BCUT2D eigenvalue weighted by molar-refractivity contribution is 7.99. The molecular weight excluding hydrogens is 709 g/mol. The van der Waals surface area contributed by atoms with E-state index < -0.39 is 5.41 Å². The molecule has 0 unspecified atom stereocenters. The van der Waals surface area contributed by atoms with E-state index in [4.69, 9.17) is 9.97 Å². The molecule has 0 atom stereocenters. The third-order valence-electron chi connectivity index (χ3n) is 12.2. The number of hydrogen-bond acceptors (Lipinski definition) is 3. The van der Waals surface area contributed by atoms with Crippen LogP contribution in [0, 0.1) is 0 Å². The summed E-state index contributed by atoms with van der Waals surface area (Å²) in [7, 11) is 0. The zero-order chi connectivity index (χ0) is 38.1. The van der Waals surface area contributed by atoms with Gasteiger partial charge in [0.1, 0.15) is 0 Å². The highest BCUT2D eigenvalue weighted by Crippen LogP contribution is 2.62. The molecule has 1 spiro atoms. The second kappa shape index (κ2) is 13.0. The monoisotopic (exact) mass is 746 g/mol. The summed E-state index contributed by atoms with van der Waals surface area (Å²) in [5, 5.41) is 2.37. The van der Waals surface area contributed by atoms with Gasteiger partial charge in [0.05, 0.1) is 16.8 Å². The molecule has 9 aromatic rings. The van der Waals surface area contributed by atoms with Crippen molar-refractivity contribution >= 4 is 22.5 Å². The molecular formula is C54H38N2S. The summed E-state index contributed by atoms with van der Waals surface area (Å²) in [6.45, 7) is 4.76. The average Bonchev–Trinajstić information content (AvgIpc) is 3.28. The molecule has 0 radical (unpaired) electrons. The van der Waals surface area contributed by atoms with Gasteiger partial charge in [0, 0.05) is 31.9 Å². The molecule has 0 fully saturated rings. The molecule has 270 valence electrons. The van der Waals surface area contributed by atoms with Crippen LogP contribution in [0.1, 0.15) is 47.2 Å². The Kier molecular flexibility index (Phi) is 7.71. The fraction of sp³-hybridized carbons (Fsp3) is 0.0741. The summed E-state index contributed by atoms with van der Waals surface area (Å²) in [5.41, 5.74) is 14.8. The molecule has 3 heteroatoms. The molecule has 1 aliphatic heterocycles. The fourth-order valence-electron chi connectivity index (χ4n) is 9.53. The van der Waals surface area contributed by atoms with Crippen LogP contribution in [0.2, 0.25) is 0 Å². The summed E-state index contributed by atoms with van der Waals surface area (Å²) < 4.78 is 0. The Morgan fingerprint density at radius 3 is 1.70 bits per heavy atom. The minimum absolute atomic E-state index is 0.147. The number of benzene rings is 8. The molecule has 2 heterocycles. The summed E-state index contributed by atoms with van der Waals surface area (Å²) in [6.07, 6.45) is 0. The third kappa shape index (κ3) is 5.19. The van der Waals surface area contributed by atoms with Gasteiger partial charge in [-0.2, -0.15) is 0 Å². The Balaban J connectivity index is 1.12. The van der Waals surface area contributed by atoms with Crippen molar-refractivity contribution in [3.63, 3.8) is 0 Å². The number of rotatable bonds is 4. The number of aromatic nitrogens is 2. The van der Waals surface area contributed by atoms with Crippen LogP contribution in [0.5, 0.6) is 0 Å². The van der Waals surface area contributed by atoms with Gasteiger partial charge in [-0.25, -0.2) is 9.97 Å². The van der Waals surface area contributed by atoms with Crippen LogP contribution < -0.4 is 0 Å². The largest absolute Gasteiger partial charge is 0.228 e. The van der Waals surface area contributed by atoms with Gasteiger partial charge in [-0.3, -0.25) is 0 Å². The summed E-state index contributed by atoms with van der Waals surface area (Å²) in [5.74, 6) is 0.714. The van der Waals surface area contributed by atoms with Gasteiger partial charge in [0.15, 0.2) is 5.82 Å². The summed E-state index contributed by atoms with van der Waals surface area (Å²) in [6, 6.07) is 70.7. The standard InChI is InChI=1S/C54H38N2S/c1-53(2)42-23-8-10-25-44(42)54(45-26-11-9-24-43(45)53)46-27-12-13-29-50(46)57-51-41(22-15-28-47(51)54)38-20-14-21-39(33-38)49-34-48(36-17-4-3-5-18-36)55-52(56-49)40-31-30-35-16-6-7-19-37(35)32-40/h3-34H,1-2H3. The Bertz CT molecular complexity index is 2990. The number of nitrogens with zero attached hydrogens (tertiary/aromatic N) is 2. The maximum absolute atomic E-state index is 5.27. The summed E-state index contributed by atoms with van der Waals surface area (Å²) in [4.78, 5) is 13.0. The van der Waals surface area contributed by atoms with E-state index >= 15 is 0 Å². The van der Waals surface area contributed by atoms with Crippen molar-refractivity contribution in [2.24, 2.45) is 0 Å². The third-order valence-corrected chi connectivity index (χ3v) is 13.4. The minimum atomic E-state index is -0.473. The topological polar surface area (TPSA) is 25.8 Å². The van der Waals surface area contributed by atoms with Crippen molar-refractivity contribution < 1.29 is 0 Å². The SMILES string of the molecule is CC1(C)c2ccccc2C2(c3ccccc3Sc3c(-c4cccc(-c5cc(-c6ccccc6)nc(-c6ccc7ccccc7c6)n5)c4)cccc32)c2ccccc21. The predicted octanol–water partition coefficient (Wildman–Crippen LogP) is 13.8. The highest BCUT2D eigenvalue weighted by atomic mass is 32.2. The van der Waals surface area contributed by atoms with E-state index in [9.17, 15) is 0 Å². The van der Waals surface area contributed by atoms with Crippen molar-refractivity contribution in [3.8, 4) is 45.0 Å². The number of hydrogen-bond donors (Lipinski definition) is 0. The Hall–Kier alpha value is -6.55. The van der Waals surface area contributed by atoms with Crippen molar-refractivity contribution in [2.75, 3.05) is 0 Å². The maximum atomic E-state index is 5.27. The quantitative estimate of drug-likeness (QED) is 0.179. The second-order valence-corrected chi connectivity index (χ2v) is 16.8. The predicted molar refractivity (Wildman–Crippen MR) is 236 cm³/mol. The van der Waals surface area contributed by atoms with Crippen LogP contribution in [0.15, 0.2) is 204 Å². The van der Waals surface area contributed by atoms with Crippen LogP contribution in [0.3, 0.4) is 0 Å². The molecule has 8 aromatic carbocycles. The van der Waals surface area contributed by atoms with Gasteiger partial charge >= 0.3 is 0 Å². The van der Waals surface area contributed by atoms with Gasteiger partial charge in [0.2, 0.25) is 0 Å². The van der Waals surface area contributed by atoms with Gasteiger partial charge in [-0.1, -0.05) is 195 Å². The Morgan fingerprint density at radius 2 is 0.947 bits per heavy atom. The molecule has 57 heavy (non-hydrogen) atoms. The first-order valence-corrected chi connectivity index (χ1v) is 20.5. The molecule has 11 rings (SSSR count). The van der Waals surface area contributed by atoms with Crippen LogP contribution >= 0.6 is 11.8 Å². The van der Waals surface area contributed by atoms with E-state index in [2.05, 4.69) is 202 Å². The minimum Gasteiger partial charge on any atom is -0.228 e. The van der Waals surface area contributed by atoms with Crippen LogP contribution in [-0.2, 0) is 10.8 Å². The van der Waals surface area contributed by atoms with Crippen LogP contribution in [0.25, 0.3) is 55.8 Å². The van der Waals surface area contributed by atoms with Crippen molar-refractivity contribution in [1.29, 1.82) is 0 Å². The van der Waals surface area contributed by atoms with E-state index in [1.54, 1.807) is 0 Å². The first-order valence-electron chi connectivity index (χ1n) is 19.7. The van der Waals surface area contributed by atoms with Crippen molar-refractivity contribution in [3.05, 3.63) is 228 Å². The molecule has 2 aliphatic rings. The lowest BCUT2D eigenvalue weighted by atomic mass is 9.54. The lowest BCUT2D eigenvalue weighted by Gasteiger charge is -2.50. The average molecular weight is 747 g/mol. The molecule has 0 amide bonds. The van der Waals surface area contributed by atoms with Crippen LogP contribution in [-0.4, -0.2) is 9.97 Å². The number of fused-ring (bicyclic) bond motifs is 9. The molecule has 2 nitrogen and oxygen atoms in total. The van der Waals surface area contributed by atoms with Gasteiger partial charge in [-0.05, 0) is 79.5 Å². The Morgan fingerprint density at radius 1 is 0.386 bits per heavy atom. The second-order valence-electron chi connectivity index (χ2n) is 15.7.